The minimum absolute atomic E-state index is 0.0905. The van der Waals surface area contributed by atoms with Crippen molar-refractivity contribution in [2.75, 3.05) is 37.2 Å². The molecule has 2 amide bonds. The number of hydrogen-bond donors (Lipinski definition) is 3. The van der Waals surface area contributed by atoms with E-state index < -0.39 is 5.91 Å². The Morgan fingerprint density at radius 3 is 2.42 bits per heavy atom. The van der Waals surface area contributed by atoms with Crippen LogP contribution in [0.5, 0.6) is 5.75 Å². The van der Waals surface area contributed by atoms with Gasteiger partial charge in [0.25, 0.3) is 5.91 Å². The molecule has 10 nitrogen and oxygen atoms in total. The molecule has 1 fully saturated rings. The summed E-state index contributed by atoms with van der Waals surface area (Å²) in [6.07, 6.45) is 3.66. The molecule has 0 spiro atoms. The fourth-order valence-corrected chi connectivity index (χ4v) is 3.95. The molecule has 2 heterocycles. The summed E-state index contributed by atoms with van der Waals surface area (Å²) >= 11 is 0. The summed E-state index contributed by atoms with van der Waals surface area (Å²) in [6, 6.07) is 19.1. The number of nitrogens with two attached hydrogens (primary N) is 1. The number of rotatable bonds is 10. The number of amides is 2. The Labute approximate surface area is 221 Å². The topological polar surface area (TPSA) is 134 Å². The molecule has 0 radical (unpaired) electrons. The third-order valence-electron chi connectivity index (χ3n) is 5.85. The van der Waals surface area contributed by atoms with Crippen molar-refractivity contribution >= 4 is 34.8 Å². The summed E-state index contributed by atoms with van der Waals surface area (Å²) in [6.45, 7) is 6.63. The number of nitrogens with zero attached hydrogens (tertiary/aromatic N) is 4. The predicted molar refractivity (Wildman–Crippen MR) is 147 cm³/mol. The first-order valence-electron chi connectivity index (χ1n) is 12.5. The van der Waals surface area contributed by atoms with E-state index in [2.05, 4.69) is 37.3 Å². The number of carbonyl (C=O) groups excluding carboxylic acids is 2. The van der Waals surface area contributed by atoms with Gasteiger partial charge in [0.1, 0.15) is 23.0 Å². The van der Waals surface area contributed by atoms with E-state index in [0.717, 1.165) is 13.1 Å². The van der Waals surface area contributed by atoms with Crippen molar-refractivity contribution in [3.05, 3.63) is 84.6 Å². The zero-order valence-electron chi connectivity index (χ0n) is 21.1. The Morgan fingerprint density at radius 2 is 1.66 bits per heavy atom. The van der Waals surface area contributed by atoms with E-state index in [1.165, 1.54) is 19.3 Å². The summed E-state index contributed by atoms with van der Waals surface area (Å²) in [5.41, 5.74) is 7.38. The number of aromatic nitrogens is 1. The molecule has 4 rings (SSSR count). The van der Waals surface area contributed by atoms with Crippen LogP contribution in [0.25, 0.3) is 0 Å². The molecule has 0 unspecified atom stereocenters. The van der Waals surface area contributed by atoms with Crippen LogP contribution in [0, 0.1) is 0 Å². The molecule has 1 aromatic heterocycles. The fraction of sp³-hybridized carbons (Fsp3) is 0.250. The molecule has 4 N–H and O–H groups in total. The molecule has 10 heteroatoms. The number of likely N-dealkylation sites (tertiary alicyclic amines) is 1. The number of nitrogen functional groups attached to an aromatic ring is 1. The molecule has 0 atom stereocenters. The van der Waals surface area contributed by atoms with Gasteiger partial charge in [0.05, 0.1) is 13.1 Å². The summed E-state index contributed by atoms with van der Waals surface area (Å²) < 4.78 is 5.98. The minimum atomic E-state index is -0.439. The van der Waals surface area contributed by atoms with Crippen molar-refractivity contribution in [2.24, 2.45) is 10.2 Å². The van der Waals surface area contributed by atoms with Gasteiger partial charge in [0, 0.05) is 5.56 Å². The van der Waals surface area contributed by atoms with E-state index in [0.29, 0.717) is 35.0 Å². The van der Waals surface area contributed by atoms with Crippen LogP contribution in [0.3, 0.4) is 0 Å². The number of nitrogens with one attached hydrogen (secondary N) is 2. The van der Waals surface area contributed by atoms with E-state index in [1.54, 1.807) is 42.5 Å². The van der Waals surface area contributed by atoms with Gasteiger partial charge in [-0.3, -0.25) is 14.5 Å². The van der Waals surface area contributed by atoms with Crippen LogP contribution in [0.4, 0.5) is 23.0 Å². The lowest BCUT2D eigenvalue weighted by molar-refractivity contribution is -0.115. The maximum atomic E-state index is 12.2. The van der Waals surface area contributed by atoms with E-state index in [-0.39, 0.29) is 24.1 Å². The third-order valence-corrected chi connectivity index (χ3v) is 5.85. The molecular weight excluding hydrogens is 482 g/mol. The number of benzene rings is 2. The molecule has 0 saturated carbocycles. The van der Waals surface area contributed by atoms with Crippen LogP contribution in [0.2, 0.25) is 0 Å². The number of pyridine rings is 1. The lowest BCUT2D eigenvalue weighted by Gasteiger charge is -2.26. The number of para-hydroxylation sites is 1. The van der Waals surface area contributed by atoms with Crippen LogP contribution in [0.15, 0.2) is 89.3 Å². The average Bonchev–Trinajstić information content (AvgIpc) is 2.93. The third kappa shape index (κ3) is 7.71. The smallest absolute Gasteiger partial charge is 0.251 e. The minimum Gasteiger partial charge on any atom is -0.459 e. The zero-order chi connectivity index (χ0) is 26.7. The van der Waals surface area contributed by atoms with Crippen LogP contribution < -0.4 is 21.1 Å². The Kier molecular flexibility index (Phi) is 9.14. The summed E-state index contributed by atoms with van der Waals surface area (Å²) in [5.74, 6) is 0.739. The maximum absolute atomic E-state index is 12.2. The first-order valence-corrected chi connectivity index (χ1v) is 12.5. The molecule has 196 valence electrons. The first-order chi connectivity index (χ1) is 18.5. The van der Waals surface area contributed by atoms with Crippen LogP contribution in [-0.2, 0) is 4.79 Å². The van der Waals surface area contributed by atoms with Gasteiger partial charge in [-0.05, 0) is 62.3 Å². The van der Waals surface area contributed by atoms with Crippen molar-refractivity contribution in [3.63, 3.8) is 0 Å². The van der Waals surface area contributed by atoms with Crippen molar-refractivity contribution in [2.45, 2.75) is 19.3 Å². The van der Waals surface area contributed by atoms with Gasteiger partial charge in [-0.15, -0.1) is 10.2 Å². The van der Waals surface area contributed by atoms with Gasteiger partial charge in [-0.25, -0.2) is 4.98 Å². The van der Waals surface area contributed by atoms with E-state index in [4.69, 9.17) is 10.5 Å². The van der Waals surface area contributed by atoms with E-state index in [1.807, 2.05) is 24.3 Å². The lowest BCUT2D eigenvalue weighted by atomic mass is 10.1. The highest BCUT2D eigenvalue weighted by Crippen LogP contribution is 2.31. The summed E-state index contributed by atoms with van der Waals surface area (Å²) in [5, 5.41) is 13.7. The summed E-state index contributed by atoms with van der Waals surface area (Å²) in [4.78, 5) is 30.8. The van der Waals surface area contributed by atoms with Gasteiger partial charge >= 0.3 is 0 Å². The van der Waals surface area contributed by atoms with Gasteiger partial charge in [-0.2, -0.15) is 0 Å². The van der Waals surface area contributed by atoms with Gasteiger partial charge in [0.2, 0.25) is 5.91 Å². The largest absolute Gasteiger partial charge is 0.459 e. The standard InChI is InChI=1S/C28H31N7O3/c1-20(19-35-16-8-3-9-17-35)38-24-13-7-6-12-22(24)33-34-23-14-15-25(32-27(23)29)31-26(36)18-30-28(37)21-10-4-2-5-11-21/h2,4-7,10-15H,1,3,8-9,16-19H2,(H,30,37)(H3,29,31,32,36). The van der Waals surface area contributed by atoms with E-state index in [9.17, 15) is 9.59 Å². The highest BCUT2D eigenvalue weighted by molar-refractivity contribution is 5.99. The molecule has 38 heavy (non-hydrogen) atoms. The Balaban J connectivity index is 1.32. The zero-order valence-corrected chi connectivity index (χ0v) is 21.1. The van der Waals surface area contributed by atoms with Crippen molar-refractivity contribution in [3.8, 4) is 5.75 Å². The van der Waals surface area contributed by atoms with Crippen molar-refractivity contribution in [1.29, 1.82) is 0 Å². The Morgan fingerprint density at radius 1 is 0.947 bits per heavy atom. The molecule has 1 aliphatic rings. The van der Waals surface area contributed by atoms with Crippen LogP contribution in [0.1, 0.15) is 29.6 Å². The number of azo groups is 1. The first kappa shape index (κ1) is 26.5. The second kappa shape index (κ2) is 13.1. The second-order valence-electron chi connectivity index (χ2n) is 8.84. The highest BCUT2D eigenvalue weighted by atomic mass is 16.5. The molecule has 2 aromatic carbocycles. The quantitative estimate of drug-likeness (QED) is 0.263. The highest BCUT2D eigenvalue weighted by Gasteiger charge is 2.13. The van der Waals surface area contributed by atoms with Gasteiger partial charge < -0.3 is 21.1 Å². The van der Waals surface area contributed by atoms with Crippen molar-refractivity contribution < 1.29 is 14.3 Å². The molecule has 1 saturated heterocycles. The second-order valence-corrected chi connectivity index (χ2v) is 8.84. The van der Waals surface area contributed by atoms with Crippen LogP contribution in [-0.4, -0.2) is 47.9 Å². The molecule has 3 aromatic rings. The molecule has 1 aliphatic heterocycles. The maximum Gasteiger partial charge on any atom is 0.251 e. The molecule has 0 bridgehead atoms. The average molecular weight is 514 g/mol. The van der Waals surface area contributed by atoms with Gasteiger partial charge in [0.15, 0.2) is 11.6 Å². The van der Waals surface area contributed by atoms with E-state index >= 15 is 0 Å². The number of anilines is 2. The predicted octanol–water partition coefficient (Wildman–Crippen LogP) is 4.83. The van der Waals surface area contributed by atoms with Crippen LogP contribution >= 0.6 is 0 Å². The fourth-order valence-electron chi connectivity index (χ4n) is 3.95. The lowest BCUT2D eigenvalue weighted by Crippen LogP contribution is -2.33. The summed E-state index contributed by atoms with van der Waals surface area (Å²) in [7, 11) is 0. The molecular formula is C28H31N7O3. The number of piperidine rings is 1. The Hall–Kier alpha value is -4.57. The van der Waals surface area contributed by atoms with Gasteiger partial charge in [-0.1, -0.05) is 43.3 Å². The number of hydrogen-bond acceptors (Lipinski definition) is 8. The monoisotopic (exact) mass is 513 g/mol. The Bertz CT molecular complexity index is 1300. The number of carbonyl (C=O) groups is 2. The number of ether oxygens (including phenoxy) is 1. The normalized spacial score (nSPS) is 13.7. The van der Waals surface area contributed by atoms with Crippen molar-refractivity contribution in [1.82, 2.24) is 15.2 Å². The SMILES string of the molecule is C=C(CN1CCCCC1)Oc1ccccc1N=Nc1ccc(NC(=O)CNC(=O)c2ccccc2)nc1N. The molecule has 0 aliphatic carbocycles.